The number of nitrogens with zero attached hydrogens (tertiary/aromatic N) is 1. The second kappa shape index (κ2) is 3.97. The Balaban J connectivity index is 2.20. The molecule has 2 heteroatoms. The van der Waals surface area contributed by atoms with Gasteiger partial charge >= 0.3 is 0 Å². The molecule has 0 saturated carbocycles. The van der Waals surface area contributed by atoms with E-state index in [4.69, 9.17) is 0 Å². The fourth-order valence-electron chi connectivity index (χ4n) is 2.09. The highest BCUT2D eigenvalue weighted by molar-refractivity contribution is 7.22. The topological polar surface area (TPSA) is 12.9 Å². The van der Waals surface area contributed by atoms with Gasteiger partial charge < -0.3 is 0 Å². The van der Waals surface area contributed by atoms with Crippen molar-refractivity contribution in [1.82, 2.24) is 4.98 Å². The summed E-state index contributed by atoms with van der Waals surface area (Å²) in [6, 6.07) is 12.9. The Hall–Kier alpha value is -1.67. The molecular formula is C15H13NS. The van der Waals surface area contributed by atoms with Crippen molar-refractivity contribution in [3.63, 3.8) is 0 Å². The van der Waals surface area contributed by atoms with Crippen LogP contribution in [0, 0.1) is 13.8 Å². The Bertz CT molecular complexity index is 649. The van der Waals surface area contributed by atoms with Gasteiger partial charge in [0.05, 0.1) is 10.2 Å². The molecule has 0 fully saturated rings. The van der Waals surface area contributed by atoms with Crippen LogP contribution in [-0.2, 0) is 0 Å². The lowest BCUT2D eigenvalue weighted by Gasteiger charge is -2.03. The van der Waals surface area contributed by atoms with Crippen LogP contribution in [0.2, 0.25) is 0 Å². The largest absolute Gasteiger partial charge is 0.255 e. The van der Waals surface area contributed by atoms with Gasteiger partial charge in [0.1, 0.15) is 0 Å². The molecule has 17 heavy (non-hydrogen) atoms. The molecule has 3 aromatic rings. The first-order chi connectivity index (χ1) is 8.24. The highest BCUT2D eigenvalue weighted by Gasteiger charge is 2.06. The molecule has 2 aromatic heterocycles. The van der Waals surface area contributed by atoms with Crippen molar-refractivity contribution in [1.29, 1.82) is 0 Å². The van der Waals surface area contributed by atoms with Crippen LogP contribution in [0.5, 0.6) is 0 Å². The Kier molecular flexibility index (Phi) is 2.45. The molecule has 0 unspecified atom stereocenters. The third-order valence-corrected chi connectivity index (χ3v) is 4.06. The first kappa shape index (κ1) is 10.5. The van der Waals surface area contributed by atoms with E-state index in [0.29, 0.717) is 0 Å². The summed E-state index contributed by atoms with van der Waals surface area (Å²) in [7, 11) is 0. The molecule has 0 bridgehead atoms. The van der Waals surface area contributed by atoms with Crippen LogP contribution in [0.4, 0.5) is 0 Å². The van der Waals surface area contributed by atoms with E-state index in [2.05, 4.69) is 49.2 Å². The normalized spacial score (nSPS) is 10.9. The van der Waals surface area contributed by atoms with Crippen molar-refractivity contribution in [2.24, 2.45) is 0 Å². The van der Waals surface area contributed by atoms with Gasteiger partial charge in [-0.1, -0.05) is 23.8 Å². The van der Waals surface area contributed by atoms with Crippen LogP contribution in [0.1, 0.15) is 11.1 Å². The van der Waals surface area contributed by atoms with Gasteiger partial charge in [0.15, 0.2) is 0 Å². The maximum Gasteiger partial charge on any atom is 0.0816 e. The van der Waals surface area contributed by atoms with Crippen molar-refractivity contribution in [2.75, 3.05) is 0 Å². The zero-order chi connectivity index (χ0) is 11.8. The third kappa shape index (κ3) is 1.85. The van der Waals surface area contributed by atoms with Crippen molar-refractivity contribution in [3.05, 3.63) is 53.7 Å². The average Bonchev–Trinajstić information content (AvgIpc) is 2.72. The van der Waals surface area contributed by atoms with Gasteiger partial charge in [-0.3, -0.25) is 4.98 Å². The van der Waals surface area contributed by atoms with Gasteiger partial charge in [-0.2, -0.15) is 0 Å². The molecule has 84 valence electrons. The minimum absolute atomic E-state index is 1.09. The van der Waals surface area contributed by atoms with E-state index in [1.807, 2.05) is 23.6 Å². The van der Waals surface area contributed by atoms with E-state index >= 15 is 0 Å². The minimum Gasteiger partial charge on any atom is -0.255 e. The molecule has 0 saturated heterocycles. The Morgan fingerprint density at radius 3 is 2.71 bits per heavy atom. The van der Waals surface area contributed by atoms with Gasteiger partial charge in [0.25, 0.3) is 0 Å². The number of rotatable bonds is 1. The molecule has 0 atom stereocenters. The number of fused-ring (bicyclic) bond motifs is 1. The molecule has 0 aliphatic heterocycles. The second-order valence-corrected chi connectivity index (χ2v) is 5.40. The number of benzene rings is 1. The van der Waals surface area contributed by atoms with Gasteiger partial charge in [0.2, 0.25) is 0 Å². The van der Waals surface area contributed by atoms with Crippen LogP contribution in [-0.4, -0.2) is 4.98 Å². The third-order valence-electron chi connectivity index (χ3n) is 2.93. The predicted octanol–water partition coefficient (Wildman–Crippen LogP) is 4.58. The lowest BCUT2D eigenvalue weighted by atomic mass is 10.0. The number of aryl methyl sites for hydroxylation is 2. The van der Waals surface area contributed by atoms with E-state index in [9.17, 15) is 0 Å². The van der Waals surface area contributed by atoms with E-state index in [0.717, 1.165) is 5.52 Å². The summed E-state index contributed by atoms with van der Waals surface area (Å²) in [5.41, 5.74) is 5.05. The number of hydrogen-bond acceptors (Lipinski definition) is 2. The van der Waals surface area contributed by atoms with E-state index in [-0.39, 0.29) is 0 Å². The standard InChI is InChI=1S/C15H13NS/c1-10-5-6-12(11(2)8-10)15-9-13-14(17-15)4-3-7-16-13/h3-9H,1-2H3. The average molecular weight is 239 g/mol. The molecule has 2 heterocycles. The second-order valence-electron chi connectivity index (χ2n) is 4.32. The van der Waals surface area contributed by atoms with Crippen molar-refractivity contribution in [2.45, 2.75) is 13.8 Å². The quantitative estimate of drug-likeness (QED) is 0.605. The predicted molar refractivity (Wildman–Crippen MR) is 74.5 cm³/mol. The summed E-state index contributed by atoms with van der Waals surface area (Å²) in [5.74, 6) is 0. The van der Waals surface area contributed by atoms with E-state index in [1.165, 1.54) is 26.3 Å². The van der Waals surface area contributed by atoms with Crippen molar-refractivity contribution < 1.29 is 0 Å². The molecule has 1 aromatic carbocycles. The zero-order valence-electron chi connectivity index (χ0n) is 9.90. The van der Waals surface area contributed by atoms with Crippen LogP contribution in [0.25, 0.3) is 20.7 Å². The molecule has 0 radical (unpaired) electrons. The molecule has 0 N–H and O–H groups in total. The first-order valence-corrected chi connectivity index (χ1v) is 6.48. The van der Waals surface area contributed by atoms with Crippen molar-refractivity contribution >= 4 is 21.6 Å². The first-order valence-electron chi connectivity index (χ1n) is 5.66. The number of hydrogen-bond donors (Lipinski definition) is 0. The van der Waals surface area contributed by atoms with Gasteiger partial charge in [-0.25, -0.2) is 0 Å². The monoisotopic (exact) mass is 239 g/mol. The van der Waals surface area contributed by atoms with Crippen LogP contribution >= 0.6 is 11.3 Å². The molecule has 0 amide bonds. The smallest absolute Gasteiger partial charge is 0.0816 e. The fourth-order valence-corrected chi connectivity index (χ4v) is 3.20. The zero-order valence-corrected chi connectivity index (χ0v) is 10.7. The summed E-state index contributed by atoms with van der Waals surface area (Å²) < 4.78 is 1.25. The molecular weight excluding hydrogens is 226 g/mol. The highest BCUT2D eigenvalue weighted by Crippen LogP contribution is 2.34. The lowest BCUT2D eigenvalue weighted by molar-refractivity contribution is 1.39. The minimum atomic E-state index is 1.09. The molecule has 3 rings (SSSR count). The van der Waals surface area contributed by atoms with Gasteiger partial charge in [-0.05, 0) is 43.2 Å². The molecule has 0 spiro atoms. The summed E-state index contributed by atoms with van der Waals surface area (Å²) in [6.07, 6.45) is 1.85. The summed E-state index contributed by atoms with van der Waals surface area (Å²) in [4.78, 5) is 5.69. The number of thiophene rings is 1. The highest BCUT2D eigenvalue weighted by atomic mass is 32.1. The molecule has 1 nitrogen and oxygen atoms in total. The van der Waals surface area contributed by atoms with Gasteiger partial charge in [-0.15, -0.1) is 11.3 Å². The fraction of sp³-hybridized carbons (Fsp3) is 0.133. The maximum absolute atomic E-state index is 4.39. The summed E-state index contributed by atoms with van der Waals surface area (Å²) in [5, 5.41) is 0. The molecule has 0 aliphatic rings. The number of pyridine rings is 1. The van der Waals surface area contributed by atoms with Crippen LogP contribution in [0.3, 0.4) is 0 Å². The van der Waals surface area contributed by atoms with Crippen LogP contribution < -0.4 is 0 Å². The maximum atomic E-state index is 4.39. The lowest BCUT2D eigenvalue weighted by Crippen LogP contribution is -1.81. The summed E-state index contributed by atoms with van der Waals surface area (Å²) in [6.45, 7) is 4.30. The Morgan fingerprint density at radius 2 is 1.94 bits per heavy atom. The van der Waals surface area contributed by atoms with Crippen molar-refractivity contribution in [3.8, 4) is 10.4 Å². The SMILES string of the molecule is Cc1ccc(-c2cc3ncccc3s2)c(C)c1. The Labute approximate surface area is 105 Å². The van der Waals surface area contributed by atoms with E-state index < -0.39 is 0 Å². The van der Waals surface area contributed by atoms with Crippen LogP contribution in [0.15, 0.2) is 42.6 Å². The summed E-state index contributed by atoms with van der Waals surface area (Å²) >= 11 is 1.81. The Morgan fingerprint density at radius 1 is 1.06 bits per heavy atom. The van der Waals surface area contributed by atoms with E-state index in [1.54, 1.807) is 0 Å². The molecule has 0 aliphatic carbocycles. The van der Waals surface area contributed by atoms with Gasteiger partial charge in [0, 0.05) is 11.1 Å². The number of aromatic nitrogens is 1.